The summed E-state index contributed by atoms with van der Waals surface area (Å²) < 4.78 is 10.2. The number of methoxy groups -OCH3 is 1. The van der Waals surface area contributed by atoms with E-state index in [4.69, 9.17) is 9.47 Å². The van der Waals surface area contributed by atoms with Crippen molar-refractivity contribution in [2.75, 3.05) is 26.9 Å². The van der Waals surface area contributed by atoms with Crippen LogP contribution in [0.4, 0.5) is 0 Å². The van der Waals surface area contributed by atoms with E-state index in [0.29, 0.717) is 12.1 Å². The number of hydrogen-bond acceptors (Lipinski definition) is 3. The summed E-state index contributed by atoms with van der Waals surface area (Å²) >= 11 is 0. The SMILES string of the molecule is COCC(C)NC1CCOC1. The highest BCUT2D eigenvalue weighted by atomic mass is 16.5. The Labute approximate surface area is 68.1 Å². The van der Waals surface area contributed by atoms with E-state index in [2.05, 4.69) is 12.2 Å². The predicted octanol–water partition coefficient (Wildman–Crippen LogP) is 0.400. The molecular formula is C8H17NO2. The van der Waals surface area contributed by atoms with Crippen LogP contribution in [0, 0.1) is 0 Å². The molecule has 1 aliphatic rings. The van der Waals surface area contributed by atoms with E-state index >= 15 is 0 Å². The number of ether oxygens (including phenoxy) is 2. The molecule has 1 rings (SSSR count). The Bertz CT molecular complexity index is 102. The topological polar surface area (TPSA) is 30.5 Å². The maximum absolute atomic E-state index is 5.23. The van der Waals surface area contributed by atoms with Crippen LogP contribution >= 0.6 is 0 Å². The summed E-state index contributed by atoms with van der Waals surface area (Å²) in [5.74, 6) is 0. The standard InChI is InChI=1S/C8H17NO2/c1-7(5-10-2)9-8-3-4-11-6-8/h7-9H,3-6H2,1-2H3. The summed E-state index contributed by atoms with van der Waals surface area (Å²) in [4.78, 5) is 0. The van der Waals surface area contributed by atoms with E-state index in [1.807, 2.05) is 0 Å². The van der Waals surface area contributed by atoms with E-state index in [0.717, 1.165) is 26.2 Å². The highest BCUT2D eigenvalue weighted by Gasteiger charge is 2.16. The number of hydrogen-bond donors (Lipinski definition) is 1. The molecule has 2 atom stereocenters. The summed E-state index contributed by atoms with van der Waals surface area (Å²) in [6.07, 6.45) is 1.13. The molecule has 0 aliphatic carbocycles. The van der Waals surface area contributed by atoms with Crippen LogP contribution in [-0.4, -0.2) is 39.0 Å². The highest BCUT2D eigenvalue weighted by Crippen LogP contribution is 2.04. The zero-order chi connectivity index (χ0) is 8.10. The van der Waals surface area contributed by atoms with Crippen molar-refractivity contribution in [1.82, 2.24) is 5.32 Å². The molecule has 0 bridgehead atoms. The lowest BCUT2D eigenvalue weighted by atomic mass is 10.2. The average Bonchev–Trinajstić information content (AvgIpc) is 2.40. The van der Waals surface area contributed by atoms with Gasteiger partial charge in [0.15, 0.2) is 0 Å². The smallest absolute Gasteiger partial charge is 0.0620 e. The second-order valence-corrected chi connectivity index (χ2v) is 3.08. The first-order chi connectivity index (χ1) is 5.33. The molecule has 3 heteroatoms. The fraction of sp³-hybridized carbons (Fsp3) is 1.00. The predicted molar refractivity (Wildman–Crippen MR) is 43.7 cm³/mol. The summed E-state index contributed by atoms with van der Waals surface area (Å²) in [6, 6.07) is 0.979. The molecule has 1 aliphatic heterocycles. The van der Waals surface area contributed by atoms with Gasteiger partial charge < -0.3 is 14.8 Å². The molecule has 1 heterocycles. The van der Waals surface area contributed by atoms with Crippen LogP contribution in [0.25, 0.3) is 0 Å². The molecule has 0 aromatic rings. The van der Waals surface area contributed by atoms with Crippen molar-refractivity contribution < 1.29 is 9.47 Å². The third-order valence-electron chi connectivity index (χ3n) is 1.87. The molecule has 0 saturated carbocycles. The van der Waals surface area contributed by atoms with Gasteiger partial charge in [-0.2, -0.15) is 0 Å². The maximum Gasteiger partial charge on any atom is 0.0620 e. The Morgan fingerprint density at radius 2 is 2.55 bits per heavy atom. The van der Waals surface area contributed by atoms with Gasteiger partial charge in [-0.05, 0) is 13.3 Å². The minimum absolute atomic E-state index is 0.437. The van der Waals surface area contributed by atoms with Crippen molar-refractivity contribution in [3.05, 3.63) is 0 Å². The van der Waals surface area contributed by atoms with Crippen LogP contribution in [0.3, 0.4) is 0 Å². The van der Waals surface area contributed by atoms with Crippen molar-refractivity contribution in [1.29, 1.82) is 0 Å². The van der Waals surface area contributed by atoms with Crippen molar-refractivity contribution in [3.63, 3.8) is 0 Å². The largest absolute Gasteiger partial charge is 0.383 e. The van der Waals surface area contributed by atoms with Gasteiger partial charge in [-0.25, -0.2) is 0 Å². The zero-order valence-electron chi connectivity index (χ0n) is 7.30. The van der Waals surface area contributed by atoms with Crippen molar-refractivity contribution in [2.45, 2.75) is 25.4 Å². The fourth-order valence-corrected chi connectivity index (χ4v) is 1.37. The van der Waals surface area contributed by atoms with Crippen LogP contribution in [0.2, 0.25) is 0 Å². The molecule has 11 heavy (non-hydrogen) atoms. The van der Waals surface area contributed by atoms with Gasteiger partial charge in [-0.1, -0.05) is 0 Å². The molecular weight excluding hydrogens is 142 g/mol. The molecule has 66 valence electrons. The lowest BCUT2D eigenvalue weighted by Gasteiger charge is -2.16. The van der Waals surface area contributed by atoms with Gasteiger partial charge in [0.1, 0.15) is 0 Å². The van der Waals surface area contributed by atoms with Gasteiger partial charge in [0.2, 0.25) is 0 Å². The second-order valence-electron chi connectivity index (χ2n) is 3.08. The minimum atomic E-state index is 0.437. The first kappa shape index (κ1) is 8.97. The Balaban J connectivity index is 2.08. The van der Waals surface area contributed by atoms with E-state index in [-0.39, 0.29) is 0 Å². The first-order valence-electron chi connectivity index (χ1n) is 4.15. The Morgan fingerprint density at radius 3 is 3.09 bits per heavy atom. The summed E-state index contributed by atoms with van der Waals surface area (Å²) in [5, 5.41) is 3.43. The molecule has 0 amide bonds. The van der Waals surface area contributed by atoms with Gasteiger partial charge in [0.05, 0.1) is 13.2 Å². The molecule has 0 radical (unpaired) electrons. The fourth-order valence-electron chi connectivity index (χ4n) is 1.37. The average molecular weight is 159 g/mol. The van der Waals surface area contributed by atoms with Gasteiger partial charge in [-0.3, -0.25) is 0 Å². The molecule has 1 saturated heterocycles. The number of nitrogens with one attached hydrogen (secondary N) is 1. The Kier molecular flexibility index (Phi) is 3.83. The molecule has 1 N–H and O–H groups in total. The van der Waals surface area contributed by atoms with Gasteiger partial charge in [0, 0.05) is 25.8 Å². The molecule has 0 aromatic carbocycles. The van der Waals surface area contributed by atoms with Crippen LogP contribution in [0.5, 0.6) is 0 Å². The summed E-state index contributed by atoms with van der Waals surface area (Å²) in [7, 11) is 1.73. The summed E-state index contributed by atoms with van der Waals surface area (Å²) in [5.41, 5.74) is 0. The normalized spacial score (nSPS) is 27.3. The van der Waals surface area contributed by atoms with Crippen LogP contribution in [0.1, 0.15) is 13.3 Å². The van der Waals surface area contributed by atoms with Crippen LogP contribution in [-0.2, 0) is 9.47 Å². The van der Waals surface area contributed by atoms with E-state index in [9.17, 15) is 0 Å². The molecule has 0 aromatic heterocycles. The van der Waals surface area contributed by atoms with Crippen molar-refractivity contribution in [2.24, 2.45) is 0 Å². The van der Waals surface area contributed by atoms with E-state index < -0.39 is 0 Å². The van der Waals surface area contributed by atoms with E-state index in [1.54, 1.807) is 7.11 Å². The van der Waals surface area contributed by atoms with Gasteiger partial charge in [0.25, 0.3) is 0 Å². The quantitative estimate of drug-likeness (QED) is 0.644. The zero-order valence-corrected chi connectivity index (χ0v) is 7.30. The molecule has 2 unspecified atom stereocenters. The second kappa shape index (κ2) is 4.70. The molecule has 0 spiro atoms. The monoisotopic (exact) mass is 159 g/mol. The molecule has 1 fully saturated rings. The lowest BCUT2D eigenvalue weighted by Crippen LogP contribution is -2.39. The maximum atomic E-state index is 5.23. The number of rotatable bonds is 4. The Morgan fingerprint density at radius 1 is 1.73 bits per heavy atom. The van der Waals surface area contributed by atoms with E-state index in [1.165, 1.54) is 0 Å². The minimum Gasteiger partial charge on any atom is -0.383 e. The van der Waals surface area contributed by atoms with Gasteiger partial charge in [-0.15, -0.1) is 0 Å². The van der Waals surface area contributed by atoms with Gasteiger partial charge >= 0.3 is 0 Å². The first-order valence-corrected chi connectivity index (χ1v) is 4.15. The summed E-state index contributed by atoms with van der Waals surface area (Å²) in [6.45, 7) is 4.66. The van der Waals surface area contributed by atoms with Crippen molar-refractivity contribution >= 4 is 0 Å². The van der Waals surface area contributed by atoms with Crippen LogP contribution < -0.4 is 5.32 Å². The van der Waals surface area contributed by atoms with Crippen LogP contribution in [0.15, 0.2) is 0 Å². The van der Waals surface area contributed by atoms with Crippen molar-refractivity contribution in [3.8, 4) is 0 Å². The lowest BCUT2D eigenvalue weighted by molar-refractivity contribution is 0.157. The Hall–Kier alpha value is -0.120. The third kappa shape index (κ3) is 3.18. The highest BCUT2D eigenvalue weighted by molar-refractivity contribution is 4.74. The third-order valence-corrected chi connectivity index (χ3v) is 1.87. The molecule has 3 nitrogen and oxygen atoms in total.